The first-order valence-corrected chi connectivity index (χ1v) is 16.0. The number of ether oxygens (including phenoxy) is 2. The van der Waals surface area contributed by atoms with Crippen LogP contribution in [0.2, 0.25) is 0 Å². The Morgan fingerprint density at radius 2 is 1.81 bits per heavy atom. The predicted octanol–water partition coefficient (Wildman–Crippen LogP) is 4.52. The summed E-state index contributed by atoms with van der Waals surface area (Å²) < 4.78 is 12.2. The SMILES string of the molecule is CC.CCc1c2c(nc3ccc4ccc(-c5ccc(CCOCNC(=O)CN)cc5)cc4c13)-c1cc3c(c(=O)n1C2)COC(=O)C3O. The summed E-state index contributed by atoms with van der Waals surface area (Å²) in [6.45, 7) is 6.90. The Morgan fingerprint density at radius 3 is 2.55 bits per heavy atom. The van der Waals surface area contributed by atoms with Crippen molar-refractivity contribution in [1.29, 1.82) is 0 Å². The normalized spacial score (nSPS) is 14.6. The number of amides is 1. The average Bonchev–Trinajstić information content (AvgIpc) is 3.48. The lowest BCUT2D eigenvalue weighted by Crippen LogP contribution is -2.32. The average molecular weight is 635 g/mol. The number of aliphatic hydroxyl groups excluding tert-OH is 1. The smallest absolute Gasteiger partial charge is 0.340 e. The second-order valence-corrected chi connectivity index (χ2v) is 11.3. The molecule has 1 unspecified atom stereocenters. The lowest BCUT2D eigenvalue weighted by atomic mass is 9.92. The summed E-state index contributed by atoms with van der Waals surface area (Å²) in [6, 6.07) is 20.6. The second kappa shape index (κ2) is 13.4. The van der Waals surface area contributed by atoms with Crippen molar-refractivity contribution in [2.24, 2.45) is 5.73 Å². The molecule has 0 saturated heterocycles. The zero-order valence-corrected chi connectivity index (χ0v) is 26.8. The van der Waals surface area contributed by atoms with Crippen molar-refractivity contribution in [2.75, 3.05) is 19.9 Å². The summed E-state index contributed by atoms with van der Waals surface area (Å²) in [7, 11) is 0. The molecular weight excluding hydrogens is 596 g/mol. The maximum absolute atomic E-state index is 13.5. The summed E-state index contributed by atoms with van der Waals surface area (Å²) in [6.07, 6.45) is -0.0264. The highest BCUT2D eigenvalue weighted by atomic mass is 16.5. The molecule has 0 aliphatic carbocycles. The zero-order valence-electron chi connectivity index (χ0n) is 26.8. The minimum absolute atomic E-state index is 0.0585. The number of nitrogens with two attached hydrogens (primary N) is 1. The zero-order chi connectivity index (χ0) is 33.2. The Kier molecular flexibility index (Phi) is 9.17. The number of cyclic esters (lactones) is 1. The van der Waals surface area contributed by atoms with E-state index in [1.165, 1.54) is 0 Å². The molecule has 7 rings (SSSR count). The third-order valence-electron chi connectivity index (χ3n) is 8.79. The van der Waals surface area contributed by atoms with Crippen molar-refractivity contribution in [2.45, 2.75) is 52.9 Å². The van der Waals surface area contributed by atoms with Crippen LogP contribution < -0.4 is 16.6 Å². The fourth-order valence-corrected chi connectivity index (χ4v) is 6.44. The van der Waals surface area contributed by atoms with Gasteiger partial charge in [0.2, 0.25) is 5.91 Å². The lowest BCUT2D eigenvalue weighted by molar-refractivity contribution is -0.157. The van der Waals surface area contributed by atoms with E-state index < -0.39 is 12.1 Å². The first kappa shape index (κ1) is 32.1. The minimum atomic E-state index is -1.48. The molecule has 1 amide bonds. The minimum Gasteiger partial charge on any atom is -0.458 e. The monoisotopic (exact) mass is 634 g/mol. The summed E-state index contributed by atoms with van der Waals surface area (Å²) >= 11 is 0. The van der Waals surface area contributed by atoms with Crippen LogP contribution in [-0.4, -0.2) is 46.4 Å². The number of carbonyl (C=O) groups excluding carboxylic acids is 2. The number of rotatable bonds is 8. The molecule has 242 valence electrons. The molecule has 3 aromatic carbocycles. The number of esters is 1. The molecular formula is C37H38N4O6. The Balaban J connectivity index is 0.00000190. The number of fused-ring (bicyclic) bond motifs is 7. The Morgan fingerprint density at radius 1 is 1.06 bits per heavy atom. The Hall–Kier alpha value is -4.90. The number of benzene rings is 3. The van der Waals surface area contributed by atoms with Crippen LogP contribution in [-0.2, 0) is 45.1 Å². The predicted molar refractivity (Wildman–Crippen MR) is 181 cm³/mol. The lowest BCUT2D eigenvalue weighted by Gasteiger charge is -2.21. The van der Waals surface area contributed by atoms with Crippen molar-refractivity contribution in [3.05, 3.63) is 98.8 Å². The molecule has 47 heavy (non-hydrogen) atoms. The number of hydrogen-bond donors (Lipinski definition) is 3. The van der Waals surface area contributed by atoms with Crippen molar-refractivity contribution in [3.63, 3.8) is 0 Å². The van der Waals surface area contributed by atoms with Crippen molar-refractivity contribution >= 4 is 33.6 Å². The van der Waals surface area contributed by atoms with Crippen LogP contribution in [0.4, 0.5) is 0 Å². The van der Waals surface area contributed by atoms with Crippen molar-refractivity contribution < 1.29 is 24.2 Å². The quantitative estimate of drug-likeness (QED) is 0.0960. The number of pyridine rings is 2. The van der Waals surface area contributed by atoms with Crippen molar-refractivity contribution in [1.82, 2.24) is 14.9 Å². The molecule has 0 spiro atoms. The molecule has 10 nitrogen and oxygen atoms in total. The topological polar surface area (TPSA) is 146 Å². The van der Waals surface area contributed by atoms with Gasteiger partial charge in [-0.15, -0.1) is 0 Å². The molecule has 2 aliphatic rings. The second-order valence-electron chi connectivity index (χ2n) is 11.3. The number of hydrogen-bond acceptors (Lipinski definition) is 8. The van der Waals surface area contributed by atoms with Crippen LogP contribution >= 0.6 is 0 Å². The molecule has 0 bridgehead atoms. The molecule has 0 fully saturated rings. The number of aryl methyl sites for hydroxylation is 1. The van der Waals surface area contributed by atoms with E-state index >= 15 is 0 Å². The molecule has 10 heteroatoms. The van der Waals surface area contributed by atoms with E-state index in [9.17, 15) is 19.5 Å². The van der Waals surface area contributed by atoms with E-state index in [0.717, 1.165) is 55.9 Å². The van der Waals surface area contributed by atoms with Crippen LogP contribution in [0.1, 0.15) is 54.7 Å². The van der Waals surface area contributed by atoms with Crippen LogP contribution in [0.5, 0.6) is 0 Å². The Labute approximate surface area is 272 Å². The number of aromatic nitrogens is 2. The molecule has 2 aromatic heterocycles. The van der Waals surface area contributed by atoms with Crippen molar-refractivity contribution in [3.8, 4) is 22.5 Å². The molecule has 4 N–H and O–H groups in total. The van der Waals surface area contributed by atoms with Gasteiger partial charge in [-0.1, -0.05) is 63.2 Å². The largest absolute Gasteiger partial charge is 0.458 e. The van der Waals surface area contributed by atoms with E-state index in [-0.39, 0.29) is 31.3 Å². The van der Waals surface area contributed by atoms with Crippen LogP contribution in [0.15, 0.2) is 65.5 Å². The highest BCUT2D eigenvalue weighted by Crippen LogP contribution is 2.40. The van der Waals surface area contributed by atoms with Gasteiger partial charge in [0.05, 0.1) is 42.2 Å². The van der Waals surface area contributed by atoms with E-state index in [0.29, 0.717) is 42.1 Å². The number of nitrogens with one attached hydrogen (secondary N) is 1. The maximum atomic E-state index is 13.5. The van der Waals surface area contributed by atoms with Gasteiger partial charge in [-0.3, -0.25) is 9.59 Å². The first-order valence-electron chi connectivity index (χ1n) is 16.0. The maximum Gasteiger partial charge on any atom is 0.340 e. The van der Waals surface area contributed by atoms with Gasteiger partial charge < -0.3 is 30.2 Å². The van der Waals surface area contributed by atoms with Gasteiger partial charge >= 0.3 is 5.97 Å². The molecule has 0 saturated carbocycles. The Bertz CT molecular complexity index is 2070. The van der Waals surface area contributed by atoms with Gasteiger partial charge in [0.25, 0.3) is 5.56 Å². The fraction of sp³-hybridized carbons (Fsp3) is 0.297. The first-order chi connectivity index (χ1) is 22.9. The highest BCUT2D eigenvalue weighted by Gasteiger charge is 2.34. The standard InChI is InChI=1S/C35H32N4O6.C2H6/c1-2-23-26-16-39-29(14-25-27(34(39)42)17-45-35(43)33(25)41)32(26)38-28-10-9-21-7-8-22(13-24(21)31(23)28)20-5-3-19(4-6-20)11-12-44-18-37-30(40)15-36;1-2/h3-10,13-14,33,41H,2,11-12,15-18,36H2,1H3,(H,37,40);1-2H3. The summed E-state index contributed by atoms with van der Waals surface area (Å²) in [5.41, 5.74) is 13.2. The summed E-state index contributed by atoms with van der Waals surface area (Å²) in [5, 5.41) is 16.3. The molecule has 4 heterocycles. The van der Waals surface area contributed by atoms with Gasteiger partial charge in [-0.25, -0.2) is 9.78 Å². The van der Waals surface area contributed by atoms with E-state index in [1.54, 1.807) is 10.6 Å². The molecule has 1 atom stereocenters. The fourth-order valence-electron chi connectivity index (χ4n) is 6.44. The molecule has 2 aliphatic heterocycles. The third-order valence-corrected chi connectivity index (χ3v) is 8.79. The van der Waals surface area contributed by atoms with Crippen LogP contribution in [0, 0.1) is 0 Å². The van der Waals surface area contributed by atoms with Gasteiger partial charge in [-0.2, -0.15) is 0 Å². The van der Waals surface area contributed by atoms with Gasteiger partial charge in [0, 0.05) is 16.5 Å². The number of carbonyl (C=O) groups is 2. The third kappa shape index (κ3) is 5.80. The molecule has 0 radical (unpaired) electrons. The number of aliphatic hydroxyl groups is 1. The van der Waals surface area contributed by atoms with E-state index in [2.05, 4.69) is 60.8 Å². The summed E-state index contributed by atoms with van der Waals surface area (Å²) in [5.74, 6) is -0.996. The van der Waals surface area contributed by atoms with Gasteiger partial charge in [-0.05, 0) is 64.1 Å². The van der Waals surface area contributed by atoms with Crippen LogP contribution in [0.25, 0.3) is 44.2 Å². The van der Waals surface area contributed by atoms with Gasteiger partial charge in [0.15, 0.2) is 6.10 Å². The highest BCUT2D eigenvalue weighted by molar-refractivity contribution is 6.10. The molecule has 5 aromatic rings. The number of nitrogens with zero attached hydrogens (tertiary/aromatic N) is 2. The van der Waals surface area contributed by atoms with E-state index in [1.807, 2.05) is 19.9 Å². The van der Waals surface area contributed by atoms with Gasteiger partial charge in [0.1, 0.15) is 13.3 Å². The summed E-state index contributed by atoms with van der Waals surface area (Å²) in [4.78, 5) is 41.8. The van der Waals surface area contributed by atoms with E-state index in [4.69, 9.17) is 20.2 Å². The van der Waals surface area contributed by atoms with Crippen LogP contribution in [0.3, 0.4) is 0 Å².